The molecule has 0 spiro atoms. The highest BCUT2D eigenvalue weighted by molar-refractivity contribution is 7.99. The Hall–Kier alpha value is -3.67. The largest absolute Gasteiger partial charge is 0.381 e. The van der Waals surface area contributed by atoms with Crippen LogP contribution in [0.15, 0.2) is 76.8 Å². The minimum absolute atomic E-state index is 0.459. The first-order chi connectivity index (χ1) is 16.7. The lowest BCUT2D eigenvalue weighted by Gasteiger charge is -2.31. The number of ether oxygens (including phenoxy) is 1. The Morgan fingerprint density at radius 3 is 2.65 bits per heavy atom. The summed E-state index contributed by atoms with van der Waals surface area (Å²) < 4.78 is 9.50. The first-order valence-corrected chi connectivity index (χ1v) is 12.0. The molecule has 2 aromatic carbocycles. The van der Waals surface area contributed by atoms with E-state index in [2.05, 4.69) is 68.1 Å². The van der Waals surface area contributed by atoms with Gasteiger partial charge in [-0.05, 0) is 66.3 Å². The SMILES string of the molecule is Cn1ccnc1-c1nnc2ccc3cc(Sc4cccc(C5(C#N)CCOCC5)c4)ccc3n12. The molecule has 6 rings (SSSR count). The van der Waals surface area contributed by atoms with Crippen LogP contribution in [0, 0.1) is 11.3 Å². The van der Waals surface area contributed by atoms with E-state index in [-0.39, 0.29) is 0 Å². The topological polar surface area (TPSA) is 81.0 Å². The van der Waals surface area contributed by atoms with Crippen molar-refractivity contribution in [2.45, 2.75) is 28.0 Å². The van der Waals surface area contributed by atoms with Crippen LogP contribution in [0.25, 0.3) is 28.2 Å². The molecule has 8 heteroatoms. The molecule has 1 aliphatic heterocycles. The molecule has 0 bridgehead atoms. The molecule has 0 aliphatic carbocycles. The van der Waals surface area contributed by atoms with Gasteiger partial charge in [0.15, 0.2) is 11.5 Å². The van der Waals surface area contributed by atoms with E-state index >= 15 is 0 Å². The van der Waals surface area contributed by atoms with E-state index in [1.54, 1.807) is 18.0 Å². The Labute approximate surface area is 201 Å². The zero-order chi connectivity index (χ0) is 23.1. The van der Waals surface area contributed by atoms with Crippen molar-refractivity contribution in [1.29, 1.82) is 5.26 Å². The molecule has 0 N–H and O–H groups in total. The van der Waals surface area contributed by atoms with Crippen molar-refractivity contribution in [2.75, 3.05) is 13.2 Å². The van der Waals surface area contributed by atoms with Crippen molar-refractivity contribution in [3.63, 3.8) is 0 Å². The summed E-state index contributed by atoms with van der Waals surface area (Å²) in [5.74, 6) is 1.49. The summed E-state index contributed by atoms with van der Waals surface area (Å²) in [6.45, 7) is 1.26. The molecule has 5 aromatic rings. The fourth-order valence-electron chi connectivity index (χ4n) is 4.64. The number of aromatic nitrogens is 5. The molecular weight excluding hydrogens is 444 g/mol. The number of nitriles is 1. The number of aryl methyl sites for hydroxylation is 1. The number of hydrogen-bond acceptors (Lipinski definition) is 6. The summed E-state index contributed by atoms with van der Waals surface area (Å²) in [5.41, 5.74) is 2.44. The molecule has 4 heterocycles. The van der Waals surface area contributed by atoms with Gasteiger partial charge in [-0.1, -0.05) is 23.9 Å². The van der Waals surface area contributed by atoms with Crippen LogP contribution in [-0.4, -0.2) is 37.4 Å². The second-order valence-corrected chi connectivity index (χ2v) is 9.72. The maximum Gasteiger partial charge on any atom is 0.204 e. The quantitative estimate of drug-likeness (QED) is 0.371. The van der Waals surface area contributed by atoms with E-state index in [0.29, 0.717) is 13.2 Å². The smallest absolute Gasteiger partial charge is 0.204 e. The second-order valence-electron chi connectivity index (χ2n) is 8.57. The van der Waals surface area contributed by atoms with E-state index in [1.165, 1.54) is 0 Å². The Morgan fingerprint density at radius 2 is 1.85 bits per heavy atom. The summed E-state index contributed by atoms with van der Waals surface area (Å²) in [5, 5.41) is 19.8. The third-order valence-corrected chi connectivity index (χ3v) is 7.52. The first-order valence-electron chi connectivity index (χ1n) is 11.2. The number of pyridine rings is 1. The van der Waals surface area contributed by atoms with E-state index in [1.807, 2.05) is 29.9 Å². The summed E-state index contributed by atoms with van der Waals surface area (Å²) >= 11 is 1.70. The predicted octanol–water partition coefficient (Wildman–Crippen LogP) is 5.01. The van der Waals surface area contributed by atoms with Crippen LogP contribution in [-0.2, 0) is 17.2 Å². The van der Waals surface area contributed by atoms with Crippen LogP contribution in [0.3, 0.4) is 0 Å². The van der Waals surface area contributed by atoms with Gasteiger partial charge in [0.05, 0.1) is 17.0 Å². The minimum Gasteiger partial charge on any atom is -0.381 e. The summed E-state index contributed by atoms with van der Waals surface area (Å²) in [6, 6.07) is 21.4. The van der Waals surface area contributed by atoms with Gasteiger partial charge in [-0.3, -0.25) is 4.40 Å². The van der Waals surface area contributed by atoms with Crippen LogP contribution in [0.4, 0.5) is 0 Å². The molecule has 1 fully saturated rings. The number of imidazole rings is 1. The van der Waals surface area contributed by atoms with Crippen LogP contribution in [0.1, 0.15) is 18.4 Å². The van der Waals surface area contributed by atoms with Crippen molar-refractivity contribution in [1.82, 2.24) is 24.1 Å². The fourth-order valence-corrected chi connectivity index (χ4v) is 5.57. The number of nitrogens with zero attached hydrogens (tertiary/aromatic N) is 6. The van der Waals surface area contributed by atoms with E-state index in [4.69, 9.17) is 4.74 Å². The van der Waals surface area contributed by atoms with E-state index in [9.17, 15) is 5.26 Å². The fraction of sp³-hybridized carbons (Fsp3) is 0.231. The number of hydrogen-bond donors (Lipinski definition) is 0. The lowest BCUT2D eigenvalue weighted by Crippen LogP contribution is -2.32. The molecule has 0 atom stereocenters. The molecule has 7 nitrogen and oxygen atoms in total. The lowest BCUT2D eigenvalue weighted by molar-refractivity contribution is 0.0675. The van der Waals surface area contributed by atoms with Crippen molar-refractivity contribution in [2.24, 2.45) is 7.05 Å². The monoisotopic (exact) mass is 466 g/mol. The molecular formula is C26H22N6OS. The lowest BCUT2D eigenvalue weighted by atomic mass is 9.75. The molecule has 0 unspecified atom stereocenters. The number of fused-ring (bicyclic) bond motifs is 3. The Kier molecular flexibility index (Phi) is 5.09. The Balaban J connectivity index is 1.37. The van der Waals surface area contributed by atoms with Gasteiger partial charge in [0.1, 0.15) is 0 Å². The highest BCUT2D eigenvalue weighted by Crippen LogP contribution is 2.38. The van der Waals surface area contributed by atoms with Crippen molar-refractivity contribution in [3.05, 3.63) is 72.6 Å². The highest BCUT2D eigenvalue weighted by atomic mass is 32.2. The molecule has 0 radical (unpaired) electrons. The average molecular weight is 467 g/mol. The zero-order valence-electron chi connectivity index (χ0n) is 18.7. The molecule has 1 saturated heterocycles. The predicted molar refractivity (Wildman–Crippen MR) is 131 cm³/mol. The van der Waals surface area contributed by atoms with Crippen LogP contribution in [0.5, 0.6) is 0 Å². The standard InChI is InChI=1S/C26H22N6OS/c1-31-12-11-28-24(31)25-30-29-23-8-5-18-15-21(6-7-22(18)32(23)25)34-20-4-2-3-19(16-20)26(17-27)9-13-33-14-10-26/h2-8,11-12,15-16H,9-10,13-14H2,1H3. The van der Waals surface area contributed by atoms with Crippen LogP contribution >= 0.6 is 11.8 Å². The van der Waals surface area contributed by atoms with Crippen LogP contribution in [0.2, 0.25) is 0 Å². The Morgan fingerprint density at radius 1 is 1.00 bits per heavy atom. The third kappa shape index (κ3) is 3.45. The van der Waals surface area contributed by atoms with Crippen LogP contribution < -0.4 is 0 Å². The summed E-state index contributed by atoms with van der Waals surface area (Å²) in [4.78, 5) is 6.71. The molecule has 3 aromatic heterocycles. The first kappa shape index (κ1) is 20.9. The van der Waals surface area contributed by atoms with Crippen molar-refractivity contribution in [3.8, 4) is 17.7 Å². The molecule has 1 aliphatic rings. The maximum atomic E-state index is 9.94. The van der Waals surface area contributed by atoms with Crippen molar-refractivity contribution < 1.29 is 4.74 Å². The molecule has 0 amide bonds. The molecule has 168 valence electrons. The minimum atomic E-state index is -0.459. The van der Waals surface area contributed by atoms with Crippen molar-refractivity contribution >= 4 is 28.3 Å². The van der Waals surface area contributed by atoms with Gasteiger partial charge in [-0.2, -0.15) is 5.26 Å². The zero-order valence-corrected chi connectivity index (χ0v) is 19.5. The second kappa shape index (κ2) is 8.28. The average Bonchev–Trinajstić information content (AvgIpc) is 3.50. The van der Waals surface area contributed by atoms with Gasteiger partial charge in [-0.15, -0.1) is 10.2 Å². The molecule has 34 heavy (non-hydrogen) atoms. The molecule has 0 saturated carbocycles. The number of rotatable bonds is 4. The van der Waals surface area contributed by atoms with Gasteiger partial charge in [0.2, 0.25) is 5.82 Å². The normalized spacial score (nSPS) is 15.5. The summed E-state index contributed by atoms with van der Waals surface area (Å²) in [7, 11) is 1.95. The van der Waals surface area contributed by atoms with Gasteiger partial charge < -0.3 is 9.30 Å². The maximum absolute atomic E-state index is 9.94. The van der Waals surface area contributed by atoms with Gasteiger partial charge in [-0.25, -0.2) is 4.98 Å². The van der Waals surface area contributed by atoms with E-state index < -0.39 is 5.41 Å². The van der Waals surface area contributed by atoms with Gasteiger partial charge >= 0.3 is 0 Å². The third-order valence-electron chi connectivity index (χ3n) is 6.54. The number of benzene rings is 2. The highest BCUT2D eigenvalue weighted by Gasteiger charge is 2.34. The Bertz CT molecular complexity index is 1560. The van der Waals surface area contributed by atoms with Gasteiger partial charge in [0.25, 0.3) is 0 Å². The summed E-state index contributed by atoms with van der Waals surface area (Å²) in [6.07, 6.45) is 5.14. The van der Waals surface area contributed by atoms with E-state index in [0.717, 1.165) is 56.4 Å². The van der Waals surface area contributed by atoms with Gasteiger partial charge in [0, 0.05) is 42.4 Å².